The fourth-order valence-corrected chi connectivity index (χ4v) is 3.76. The Labute approximate surface area is 171 Å². The lowest BCUT2D eigenvalue weighted by atomic mass is 9.97. The second-order valence-electron chi connectivity index (χ2n) is 7.63. The lowest BCUT2D eigenvalue weighted by Crippen LogP contribution is -2.29. The van der Waals surface area contributed by atoms with Crippen LogP contribution in [-0.2, 0) is 9.59 Å². The molecular formula is C23H28N2O4. The first kappa shape index (κ1) is 20.7. The van der Waals surface area contributed by atoms with Gasteiger partial charge < -0.3 is 19.7 Å². The number of rotatable bonds is 6. The van der Waals surface area contributed by atoms with Crippen molar-refractivity contribution in [2.75, 3.05) is 31.0 Å². The number of hydrogen-bond acceptors (Lipinski definition) is 4. The number of nitrogens with one attached hydrogen (secondary N) is 1. The molecule has 1 aliphatic rings. The number of benzene rings is 2. The zero-order valence-corrected chi connectivity index (χ0v) is 17.6. The van der Waals surface area contributed by atoms with E-state index < -0.39 is 5.92 Å². The lowest BCUT2D eigenvalue weighted by molar-refractivity contribution is -0.122. The van der Waals surface area contributed by atoms with Crippen molar-refractivity contribution in [3.63, 3.8) is 0 Å². The fraction of sp³-hybridized carbons (Fsp3) is 0.391. The molecule has 2 aromatic carbocycles. The Kier molecular flexibility index (Phi) is 6.11. The van der Waals surface area contributed by atoms with Crippen LogP contribution in [0.15, 0.2) is 36.4 Å². The zero-order chi connectivity index (χ0) is 21.1. The molecule has 0 saturated carbocycles. The Hall–Kier alpha value is -3.02. The monoisotopic (exact) mass is 396 g/mol. The summed E-state index contributed by atoms with van der Waals surface area (Å²) >= 11 is 0. The van der Waals surface area contributed by atoms with E-state index in [1.165, 1.54) is 0 Å². The molecule has 1 unspecified atom stereocenters. The number of aryl methyl sites for hydroxylation is 1. The van der Waals surface area contributed by atoms with E-state index in [0.717, 1.165) is 16.8 Å². The number of carbonyl (C=O) groups is 2. The number of nitrogens with zero attached hydrogens (tertiary/aromatic N) is 1. The average molecular weight is 396 g/mol. The van der Waals surface area contributed by atoms with Crippen molar-refractivity contribution in [2.24, 2.45) is 5.92 Å². The molecule has 0 bridgehead atoms. The summed E-state index contributed by atoms with van der Waals surface area (Å²) in [4.78, 5) is 27.5. The molecule has 0 spiro atoms. The van der Waals surface area contributed by atoms with Crippen LogP contribution < -0.4 is 19.7 Å². The average Bonchev–Trinajstić information content (AvgIpc) is 3.09. The summed E-state index contributed by atoms with van der Waals surface area (Å²) in [5.41, 5.74) is 3.62. The van der Waals surface area contributed by atoms with Crippen LogP contribution in [0, 0.1) is 12.8 Å². The molecule has 3 rings (SSSR count). The summed E-state index contributed by atoms with van der Waals surface area (Å²) in [6, 6.07) is 11.3. The normalized spacial score (nSPS) is 16.3. The minimum Gasteiger partial charge on any atom is -0.497 e. The van der Waals surface area contributed by atoms with Crippen molar-refractivity contribution in [1.82, 2.24) is 0 Å². The summed E-state index contributed by atoms with van der Waals surface area (Å²) in [5, 5.41) is 2.90. The first-order valence-corrected chi connectivity index (χ1v) is 9.78. The summed E-state index contributed by atoms with van der Waals surface area (Å²) in [6.45, 7) is 6.58. The van der Waals surface area contributed by atoms with Crippen LogP contribution >= 0.6 is 0 Å². The highest BCUT2D eigenvalue weighted by Crippen LogP contribution is 2.36. The fourth-order valence-electron chi connectivity index (χ4n) is 3.76. The molecule has 0 aromatic heterocycles. The van der Waals surface area contributed by atoms with E-state index >= 15 is 0 Å². The van der Waals surface area contributed by atoms with Crippen LogP contribution in [-0.4, -0.2) is 32.6 Å². The molecule has 29 heavy (non-hydrogen) atoms. The summed E-state index contributed by atoms with van der Waals surface area (Å²) < 4.78 is 10.6. The molecule has 6 heteroatoms. The third-order valence-electron chi connectivity index (χ3n) is 5.32. The third-order valence-corrected chi connectivity index (χ3v) is 5.32. The van der Waals surface area contributed by atoms with Gasteiger partial charge in [-0.1, -0.05) is 32.0 Å². The van der Waals surface area contributed by atoms with Crippen LogP contribution in [0.4, 0.5) is 11.4 Å². The Morgan fingerprint density at radius 2 is 1.93 bits per heavy atom. The summed E-state index contributed by atoms with van der Waals surface area (Å²) in [5.74, 6) is 0.781. The molecule has 2 aromatic rings. The van der Waals surface area contributed by atoms with Gasteiger partial charge in [0.1, 0.15) is 11.5 Å². The zero-order valence-electron chi connectivity index (χ0n) is 17.6. The van der Waals surface area contributed by atoms with Crippen LogP contribution in [0.1, 0.15) is 37.3 Å². The molecule has 0 radical (unpaired) electrons. The van der Waals surface area contributed by atoms with E-state index in [1.54, 1.807) is 37.3 Å². The van der Waals surface area contributed by atoms with Gasteiger partial charge in [-0.05, 0) is 36.1 Å². The molecule has 1 N–H and O–H groups in total. The second-order valence-corrected chi connectivity index (χ2v) is 7.63. The van der Waals surface area contributed by atoms with Gasteiger partial charge in [0.15, 0.2) is 0 Å². The van der Waals surface area contributed by atoms with E-state index in [-0.39, 0.29) is 24.2 Å². The third kappa shape index (κ3) is 4.21. The van der Waals surface area contributed by atoms with E-state index in [2.05, 4.69) is 25.2 Å². The SMILES string of the molecule is COc1ccc(OC)c(NC(=O)C2CC(=O)N(c3c(C)cccc3C(C)C)C2)c1. The topological polar surface area (TPSA) is 67.9 Å². The van der Waals surface area contributed by atoms with Crippen molar-refractivity contribution in [1.29, 1.82) is 0 Å². The number of anilines is 2. The predicted octanol–water partition coefficient (Wildman–Crippen LogP) is 4.13. The van der Waals surface area contributed by atoms with Crippen molar-refractivity contribution in [2.45, 2.75) is 33.1 Å². The van der Waals surface area contributed by atoms with Crippen molar-refractivity contribution < 1.29 is 19.1 Å². The maximum absolute atomic E-state index is 12.9. The van der Waals surface area contributed by atoms with Crippen LogP contribution in [0.2, 0.25) is 0 Å². The van der Waals surface area contributed by atoms with Gasteiger partial charge in [-0.3, -0.25) is 9.59 Å². The minimum absolute atomic E-state index is 0.0287. The molecular weight excluding hydrogens is 368 g/mol. The highest BCUT2D eigenvalue weighted by molar-refractivity contribution is 6.04. The van der Waals surface area contributed by atoms with Gasteiger partial charge in [-0.15, -0.1) is 0 Å². The Morgan fingerprint density at radius 3 is 2.59 bits per heavy atom. The van der Waals surface area contributed by atoms with Crippen LogP contribution in [0.3, 0.4) is 0 Å². The number of para-hydroxylation sites is 1. The predicted molar refractivity (Wildman–Crippen MR) is 114 cm³/mol. The van der Waals surface area contributed by atoms with E-state index in [9.17, 15) is 9.59 Å². The lowest BCUT2D eigenvalue weighted by Gasteiger charge is -2.24. The maximum atomic E-state index is 12.9. The smallest absolute Gasteiger partial charge is 0.229 e. The largest absolute Gasteiger partial charge is 0.497 e. The van der Waals surface area contributed by atoms with Gasteiger partial charge in [-0.25, -0.2) is 0 Å². The number of ether oxygens (including phenoxy) is 2. The molecule has 1 atom stereocenters. The standard InChI is InChI=1S/C23H28N2O4/c1-14(2)18-8-6-7-15(3)22(18)25-13-16(11-21(25)26)23(27)24-19-12-17(28-4)9-10-20(19)29-5/h6-10,12,14,16H,11,13H2,1-5H3,(H,24,27). The minimum atomic E-state index is -0.432. The number of methoxy groups -OCH3 is 2. The molecule has 1 saturated heterocycles. The van der Waals surface area contributed by atoms with Gasteiger partial charge >= 0.3 is 0 Å². The molecule has 1 aliphatic heterocycles. The van der Waals surface area contributed by atoms with E-state index in [1.807, 2.05) is 19.1 Å². The molecule has 0 aliphatic carbocycles. The van der Waals surface area contributed by atoms with Gasteiger partial charge in [-0.2, -0.15) is 0 Å². The van der Waals surface area contributed by atoms with E-state index in [4.69, 9.17) is 9.47 Å². The molecule has 1 fully saturated rings. The van der Waals surface area contributed by atoms with Gasteiger partial charge in [0.25, 0.3) is 0 Å². The summed E-state index contributed by atoms with van der Waals surface area (Å²) in [7, 11) is 3.11. The second kappa shape index (κ2) is 8.55. The van der Waals surface area contributed by atoms with Gasteiger partial charge in [0.05, 0.1) is 25.8 Å². The van der Waals surface area contributed by atoms with Crippen molar-refractivity contribution in [3.05, 3.63) is 47.5 Å². The van der Waals surface area contributed by atoms with Crippen LogP contribution in [0.5, 0.6) is 11.5 Å². The number of amides is 2. The maximum Gasteiger partial charge on any atom is 0.229 e. The highest BCUT2D eigenvalue weighted by atomic mass is 16.5. The molecule has 6 nitrogen and oxygen atoms in total. The first-order chi connectivity index (χ1) is 13.8. The van der Waals surface area contributed by atoms with E-state index in [0.29, 0.717) is 23.7 Å². The molecule has 1 heterocycles. The highest BCUT2D eigenvalue weighted by Gasteiger charge is 2.37. The van der Waals surface area contributed by atoms with Crippen LogP contribution in [0.25, 0.3) is 0 Å². The Balaban J connectivity index is 1.82. The molecule has 2 amide bonds. The summed E-state index contributed by atoms with van der Waals surface area (Å²) in [6.07, 6.45) is 0.185. The number of carbonyl (C=O) groups excluding carboxylic acids is 2. The number of hydrogen-bond donors (Lipinski definition) is 1. The first-order valence-electron chi connectivity index (χ1n) is 9.78. The van der Waals surface area contributed by atoms with Crippen molar-refractivity contribution >= 4 is 23.2 Å². The quantitative estimate of drug-likeness (QED) is 0.797. The van der Waals surface area contributed by atoms with Gasteiger partial charge in [0, 0.05) is 24.7 Å². The Morgan fingerprint density at radius 1 is 1.17 bits per heavy atom. The molecule has 154 valence electrons. The Bertz CT molecular complexity index is 923. The van der Waals surface area contributed by atoms with Crippen molar-refractivity contribution in [3.8, 4) is 11.5 Å². The van der Waals surface area contributed by atoms with Gasteiger partial charge in [0.2, 0.25) is 11.8 Å².